The fraction of sp³-hybridized carbons (Fsp3) is 0.889. The molecule has 15 heavy (non-hydrogen) atoms. The molecular weight excluding hydrogens is 218 g/mol. The van der Waals surface area contributed by atoms with E-state index in [1.165, 1.54) is 13.8 Å². The van der Waals surface area contributed by atoms with Gasteiger partial charge in [0.2, 0.25) is 10.0 Å². The number of aliphatic carboxylic acids is 1. The third-order valence-electron chi connectivity index (χ3n) is 1.93. The highest BCUT2D eigenvalue weighted by Gasteiger charge is 2.26. The van der Waals surface area contributed by atoms with Gasteiger partial charge in [-0.3, -0.25) is 4.79 Å². The van der Waals surface area contributed by atoms with Gasteiger partial charge in [0.15, 0.2) is 0 Å². The summed E-state index contributed by atoms with van der Waals surface area (Å²) in [6.45, 7) is 6.71. The summed E-state index contributed by atoms with van der Waals surface area (Å²) >= 11 is 0. The summed E-state index contributed by atoms with van der Waals surface area (Å²) in [7, 11) is -3.52. The second kappa shape index (κ2) is 5.46. The summed E-state index contributed by atoms with van der Waals surface area (Å²) < 4.78 is 25.1. The van der Waals surface area contributed by atoms with E-state index in [0.29, 0.717) is 6.42 Å². The molecule has 1 atom stereocenters. The first kappa shape index (κ1) is 14.4. The summed E-state index contributed by atoms with van der Waals surface area (Å²) in [5.74, 6) is -1.01. The zero-order chi connectivity index (χ0) is 12.2. The first-order valence-electron chi connectivity index (χ1n) is 4.90. The highest BCUT2D eigenvalue weighted by molar-refractivity contribution is 7.90. The highest BCUT2D eigenvalue weighted by Crippen LogP contribution is 2.08. The second-order valence-corrected chi connectivity index (χ2v) is 6.50. The molecule has 0 unspecified atom stereocenters. The molecule has 0 rings (SSSR count). The van der Waals surface area contributed by atoms with Crippen LogP contribution in [0.5, 0.6) is 0 Å². The first-order chi connectivity index (χ1) is 6.66. The Hall–Kier alpha value is -0.620. The molecule has 0 aliphatic heterocycles. The van der Waals surface area contributed by atoms with Crippen LogP contribution in [-0.2, 0) is 14.8 Å². The maximum absolute atomic E-state index is 11.5. The molecule has 0 fully saturated rings. The predicted molar refractivity (Wildman–Crippen MR) is 58.1 cm³/mol. The van der Waals surface area contributed by atoms with E-state index >= 15 is 0 Å². The van der Waals surface area contributed by atoms with Crippen molar-refractivity contribution in [3.05, 3.63) is 0 Å². The van der Waals surface area contributed by atoms with Crippen LogP contribution in [0.15, 0.2) is 0 Å². The van der Waals surface area contributed by atoms with Crippen molar-refractivity contribution in [2.75, 3.05) is 0 Å². The van der Waals surface area contributed by atoms with E-state index in [0.717, 1.165) is 0 Å². The molecule has 90 valence electrons. The molecule has 0 aromatic rings. The molecule has 5 nitrogen and oxygen atoms in total. The van der Waals surface area contributed by atoms with Crippen molar-refractivity contribution < 1.29 is 18.3 Å². The Bertz CT molecular complexity index is 308. The minimum absolute atomic E-state index is 0.126. The Labute approximate surface area is 90.9 Å². The van der Waals surface area contributed by atoms with E-state index in [9.17, 15) is 13.2 Å². The summed E-state index contributed by atoms with van der Waals surface area (Å²) in [5, 5.41) is 8.22. The van der Waals surface area contributed by atoms with Crippen LogP contribution in [0.4, 0.5) is 0 Å². The van der Waals surface area contributed by atoms with Gasteiger partial charge in [-0.25, -0.2) is 13.1 Å². The van der Waals surface area contributed by atoms with E-state index in [2.05, 4.69) is 4.72 Å². The molecular formula is C9H19NO4S. The van der Waals surface area contributed by atoms with Crippen molar-refractivity contribution in [1.29, 1.82) is 0 Å². The Kier molecular flexibility index (Phi) is 5.23. The smallest absolute Gasteiger partial charge is 0.321 e. The number of rotatable bonds is 6. The lowest BCUT2D eigenvalue weighted by atomic mass is 10.1. The summed E-state index contributed by atoms with van der Waals surface area (Å²) in [5.41, 5.74) is 0. The van der Waals surface area contributed by atoms with Gasteiger partial charge in [-0.2, -0.15) is 0 Å². The molecule has 0 spiro atoms. The van der Waals surface area contributed by atoms with Crippen LogP contribution in [0.25, 0.3) is 0 Å². The van der Waals surface area contributed by atoms with Gasteiger partial charge in [-0.1, -0.05) is 13.8 Å². The lowest BCUT2D eigenvalue weighted by molar-refractivity contribution is -0.139. The number of sulfonamides is 1. The Balaban J connectivity index is 4.63. The highest BCUT2D eigenvalue weighted by atomic mass is 32.2. The summed E-state index contributed by atoms with van der Waals surface area (Å²) in [4.78, 5) is 10.8. The fourth-order valence-corrected chi connectivity index (χ4v) is 1.87. The monoisotopic (exact) mass is 237 g/mol. The average Bonchev–Trinajstić information content (AvgIpc) is 2.01. The second-order valence-electron chi connectivity index (χ2n) is 4.23. The topological polar surface area (TPSA) is 83.5 Å². The van der Waals surface area contributed by atoms with Crippen LogP contribution < -0.4 is 4.72 Å². The number of carboxylic acid groups (broad SMARTS) is 1. The quantitative estimate of drug-likeness (QED) is 0.716. The first-order valence-corrected chi connectivity index (χ1v) is 6.45. The third-order valence-corrected chi connectivity index (χ3v) is 3.79. The molecule has 2 N–H and O–H groups in total. The van der Waals surface area contributed by atoms with Crippen LogP contribution in [0.1, 0.15) is 34.1 Å². The standard InChI is InChI=1S/C9H19NO4S/c1-6(2)5-8(9(11)12)10-15(13,14)7(3)4/h6-8,10H,5H2,1-4H3,(H,11,12)/t8-/m0/s1. The largest absolute Gasteiger partial charge is 0.480 e. The van der Waals surface area contributed by atoms with Crippen molar-refractivity contribution in [3.8, 4) is 0 Å². The molecule has 6 heteroatoms. The van der Waals surface area contributed by atoms with Crippen LogP contribution >= 0.6 is 0 Å². The van der Waals surface area contributed by atoms with Crippen LogP contribution in [-0.4, -0.2) is 30.8 Å². The molecule has 0 saturated carbocycles. The maximum Gasteiger partial charge on any atom is 0.321 e. The normalized spacial score (nSPS) is 14.5. The lowest BCUT2D eigenvalue weighted by Gasteiger charge is -2.18. The van der Waals surface area contributed by atoms with Crippen molar-refractivity contribution in [1.82, 2.24) is 4.72 Å². The Morgan fingerprint density at radius 2 is 1.73 bits per heavy atom. The van der Waals surface area contributed by atoms with Gasteiger partial charge in [0.25, 0.3) is 0 Å². The summed E-state index contributed by atoms with van der Waals surface area (Å²) in [6.07, 6.45) is 0.293. The lowest BCUT2D eigenvalue weighted by Crippen LogP contribution is -2.44. The van der Waals surface area contributed by atoms with E-state index in [-0.39, 0.29) is 5.92 Å². The van der Waals surface area contributed by atoms with Crippen molar-refractivity contribution in [3.63, 3.8) is 0 Å². The molecule has 0 radical (unpaired) electrons. The van der Waals surface area contributed by atoms with Crippen LogP contribution in [0.2, 0.25) is 0 Å². The van der Waals surface area contributed by atoms with E-state index in [4.69, 9.17) is 5.11 Å². The average molecular weight is 237 g/mol. The number of nitrogens with one attached hydrogen (secondary N) is 1. The Morgan fingerprint density at radius 3 is 2.00 bits per heavy atom. The van der Waals surface area contributed by atoms with Gasteiger partial charge in [0.05, 0.1) is 5.25 Å². The van der Waals surface area contributed by atoms with Crippen LogP contribution in [0, 0.1) is 5.92 Å². The van der Waals surface area contributed by atoms with Crippen molar-refractivity contribution in [2.24, 2.45) is 5.92 Å². The molecule has 0 saturated heterocycles. The van der Waals surface area contributed by atoms with E-state index in [1.807, 2.05) is 13.8 Å². The van der Waals surface area contributed by atoms with Crippen molar-refractivity contribution >= 4 is 16.0 Å². The van der Waals surface area contributed by atoms with Gasteiger partial charge in [0, 0.05) is 0 Å². The number of carboxylic acids is 1. The van der Waals surface area contributed by atoms with Crippen molar-refractivity contribution in [2.45, 2.75) is 45.4 Å². The SMILES string of the molecule is CC(C)C[C@H](NS(=O)(=O)C(C)C)C(=O)O. The molecule has 0 aromatic carbocycles. The van der Waals surface area contributed by atoms with E-state index in [1.54, 1.807) is 0 Å². The minimum Gasteiger partial charge on any atom is -0.480 e. The van der Waals surface area contributed by atoms with Gasteiger partial charge in [0.1, 0.15) is 6.04 Å². The van der Waals surface area contributed by atoms with Gasteiger partial charge in [-0.05, 0) is 26.2 Å². The predicted octanol–water partition coefficient (Wildman–Crippen LogP) is 0.813. The molecule has 0 aliphatic rings. The number of hydrogen-bond donors (Lipinski definition) is 2. The third kappa shape index (κ3) is 5.13. The number of carbonyl (C=O) groups is 1. The summed E-state index contributed by atoms with van der Waals surface area (Å²) in [6, 6.07) is -1.03. The molecule has 0 aromatic heterocycles. The number of hydrogen-bond acceptors (Lipinski definition) is 3. The van der Waals surface area contributed by atoms with E-state index < -0.39 is 27.3 Å². The maximum atomic E-state index is 11.5. The molecule has 0 heterocycles. The minimum atomic E-state index is -3.52. The molecule has 0 bridgehead atoms. The fourth-order valence-electron chi connectivity index (χ4n) is 1.01. The molecule has 0 amide bonds. The molecule has 0 aliphatic carbocycles. The zero-order valence-electron chi connectivity index (χ0n) is 9.52. The van der Waals surface area contributed by atoms with Crippen LogP contribution in [0.3, 0.4) is 0 Å². The van der Waals surface area contributed by atoms with Gasteiger partial charge >= 0.3 is 5.97 Å². The van der Waals surface area contributed by atoms with Gasteiger partial charge < -0.3 is 5.11 Å². The zero-order valence-corrected chi connectivity index (χ0v) is 10.3. The Morgan fingerprint density at radius 1 is 1.27 bits per heavy atom. The van der Waals surface area contributed by atoms with Gasteiger partial charge in [-0.15, -0.1) is 0 Å².